The van der Waals surface area contributed by atoms with E-state index in [2.05, 4.69) is 66.5 Å². The van der Waals surface area contributed by atoms with Crippen molar-refractivity contribution in [3.8, 4) is 0 Å². The topological polar surface area (TPSA) is 76.1 Å². The normalized spacial score (nSPS) is 11.1. The van der Waals surface area contributed by atoms with Crippen molar-refractivity contribution in [1.29, 1.82) is 0 Å². The quantitative estimate of drug-likeness (QED) is 0.646. The zero-order chi connectivity index (χ0) is 19.8. The SMILES string of the molecule is COCCCNC(=O)c1cnc(Nc2c(C(C)C)cccc2C(C)C)cn1. The highest BCUT2D eigenvalue weighted by Crippen LogP contribution is 2.33. The molecule has 0 aliphatic carbocycles. The van der Waals surface area contributed by atoms with Crippen molar-refractivity contribution >= 4 is 17.4 Å². The molecule has 0 bridgehead atoms. The minimum Gasteiger partial charge on any atom is -0.385 e. The monoisotopic (exact) mass is 370 g/mol. The second kappa shape index (κ2) is 10.0. The summed E-state index contributed by atoms with van der Waals surface area (Å²) in [6.07, 6.45) is 3.87. The van der Waals surface area contributed by atoms with Crippen LogP contribution >= 0.6 is 0 Å². The number of hydrogen-bond donors (Lipinski definition) is 2. The number of hydrogen-bond acceptors (Lipinski definition) is 5. The van der Waals surface area contributed by atoms with Crippen LogP contribution in [-0.4, -0.2) is 36.1 Å². The van der Waals surface area contributed by atoms with E-state index in [0.717, 1.165) is 12.1 Å². The average molecular weight is 370 g/mol. The van der Waals surface area contributed by atoms with E-state index in [1.807, 2.05) is 0 Å². The third-order valence-electron chi connectivity index (χ3n) is 4.32. The molecule has 0 radical (unpaired) electrons. The molecule has 0 unspecified atom stereocenters. The Hall–Kier alpha value is -2.47. The molecule has 2 N–H and O–H groups in total. The maximum atomic E-state index is 12.1. The molecular formula is C21H30N4O2. The molecule has 1 aromatic heterocycles. The van der Waals surface area contributed by atoms with Crippen molar-refractivity contribution in [2.75, 3.05) is 25.6 Å². The van der Waals surface area contributed by atoms with Crippen LogP contribution in [0, 0.1) is 0 Å². The largest absolute Gasteiger partial charge is 0.385 e. The lowest BCUT2D eigenvalue weighted by molar-refractivity contribution is 0.0943. The highest BCUT2D eigenvalue weighted by Gasteiger charge is 2.15. The van der Waals surface area contributed by atoms with Gasteiger partial charge in [0.05, 0.1) is 12.4 Å². The zero-order valence-electron chi connectivity index (χ0n) is 16.9. The summed E-state index contributed by atoms with van der Waals surface area (Å²) < 4.78 is 4.97. The van der Waals surface area contributed by atoms with E-state index in [1.165, 1.54) is 17.3 Å². The molecule has 0 fully saturated rings. The Bertz CT molecular complexity index is 716. The number of para-hydroxylation sites is 1. The molecule has 0 aliphatic rings. The van der Waals surface area contributed by atoms with E-state index in [9.17, 15) is 4.79 Å². The first-order valence-electron chi connectivity index (χ1n) is 9.43. The first-order valence-corrected chi connectivity index (χ1v) is 9.43. The summed E-state index contributed by atoms with van der Waals surface area (Å²) in [4.78, 5) is 20.7. The molecule has 1 aromatic carbocycles. The Labute approximate surface area is 161 Å². The zero-order valence-corrected chi connectivity index (χ0v) is 16.9. The number of anilines is 2. The van der Waals surface area contributed by atoms with Crippen molar-refractivity contribution in [1.82, 2.24) is 15.3 Å². The second-order valence-electron chi connectivity index (χ2n) is 7.14. The van der Waals surface area contributed by atoms with Crippen LogP contribution in [0.5, 0.6) is 0 Å². The molecule has 0 saturated heterocycles. The number of carbonyl (C=O) groups excluding carboxylic acids is 1. The Kier molecular flexibility index (Phi) is 7.73. The van der Waals surface area contributed by atoms with Gasteiger partial charge >= 0.3 is 0 Å². The molecule has 0 saturated carbocycles. The molecule has 0 atom stereocenters. The van der Waals surface area contributed by atoms with Crippen LogP contribution in [0.2, 0.25) is 0 Å². The number of carbonyl (C=O) groups is 1. The van der Waals surface area contributed by atoms with Crippen LogP contribution in [0.1, 0.15) is 67.6 Å². The van der Waals surface area contributed by atoms with Gasteiger partial charge in [-0.15, -0.1) is 0 Å². The van der Waals surface area contributed by atoms with E-state index in [4.69, 9.17) is 4.74 Å². The standard InChI is InChI=1S/C21H30N4O2/c1-14(2)16-8-6-9-17(15(3)4)20(16)25-19-13-23-18(12-24-19)21(26)22-10-7-11-27-5/h6,8-9,12-15H,7,10-11H2,1-5H3,(H,22,26)(H,24,25). The van der Waals surface area contributed by atoms with Gasteiger partial charge in [-0.25, -0.2) is 9.97 Å². The van der Waals surface area contributed by atoms with E-state index in [1.54, 1.807) is 13.3 Å². The fourth-order valence-corrected chi connectivity index (χ4v) is 2.84. The second-order valence-corrected chi connectivity index (χ2v) is 7.14. The van der Waals surface area contributed by atoms with Gasteiger partial charge in [0.25, 0.3) is 5.91 Å². The fraction of sp³-hybridized carbons (Fsp3) is 0.476. The summed E-state index contributed by atoms with van der Waals surface area (Å²) in [6, 6.07) is 6.36. The van der Waals surface area contributed by atoms with Gasteiger partial charge in [0.1, 0.15) is 11.5 Å². The van der Waals surface area contributed by atoms with Gasteiger partial charge in [0.15, 0.2) is 0 Å². The number of rotatable bonds is 9. The predicted molar refractivity (Wildman–Crippen MR) is 109 cm³/mol. The lowest BCUT2D eigenvalue weighted by Crippen LogP contribution is -2.26. The summed E-state index contributed by atoms with van der Waals surface area (Å²) in [6.45, 7) is 9.86. The van der Waals surface area contributed by atoms with Crippen LogP contribution in [0.25, 0.3) is 0 Å². The highest BCUT2D eigenvalue weighted by molar-refractivity contribution is 5.92. The summed E-state index contributed by atoms with van der Waals surface area (Å²) in [7, 11) is 1.64. The number of nitrogens with zero attached hydrogens (tertiary/aromatic N) is 2. The summed E-state index contributed by atoms with van der Waals surface area (Å²) in [5.41, 5.74) is 3.86. The van der Waals surface area contributed by atoms with E-state index < -0.39 is 0 Å². The van der Waals surface area contributed by atoms with Gasteiger partial charge < -0.3 is 15.4 Å². The Balaban J connectivity index is 2.14. The van der Waals surface area contributed by atoms with Crippen LogP contribution in [0.3, 0.4) is 0 Å². The molecule has 1 amide bonds. The minimum absolute atomic E-state index is 0.226. The first-order chi connectivity index (χ1) is 12.9. The average Bonchev–Trinajstić information content (AvgIpc) is 2.65. The third kappa shape index (κ3) is 5.76. The summed E-state index contributed by atoms with van der Waals surface area (Å²) >= 11 is 0. The maximum Gasteiger partial charge on any atom is 0.271 e. The molecule has 146 valence electrons. The van der Waals surface area contributed by atoms with E-state index >= 15 is 0 Å². The van der Waals surface area contributed by atoms with Crippen molar-refractivity contribution in [3.63, 3.8) is 0 Å². The number of methoxy groups -OCH3 is 1. The number of benzene rings is 1. The lowest BCUT2D eigenvalue weighted by Gasteiger charge is -2.20. The summed E-state index contributed by atoms with van der Waals surface area (Å²) in [5.74, 6) is 1.17. The number of amides is 1. The number of nitrogens with one attached hydrogen (secondary N) is 2. The Morgan fingerprint density at radius 2 is 1.74 bits per heavy atom. The smallest absolute Gasteiger partial charge is 0.271 e. The van der Waals surface area contributed by atoms with Gasteiger partial charge in [-0.05, 0) is 29.4 Å². The molecular weight excluding hydrogens is 340 g/mol. The molecule has 2 aromatic rings. The number of aromatic nitrogens is 2. The van der Waals surface area contributed by atoms with Crippen LogP contribution in [-0.2, 0) is 4.74 Å². The van der Waals surface area contributed by atoms with Gasteiger partial charge in [-0.3, -0.25) is 4.79 Å². The van der Waals surface area contributed by atoms with Crippen LogP contribution in [0.4, 0.5) is 11.5 Å². The van der Waals surface area contributed by atoms with Crippen molar-refractivity contribution < 1.29 is 9.53 Å². The maximum absolute atomic E-state index is 12.1. The molecule has 0 spiro atoms. The van der Waals surface area contributed by atoms with Gasteiger partial charge in [0.2, 0.25) is 0 Å². The lowest BCUT2D eigenvalue weighted by atomic mass is 9.92. The molecule has 2 rings (SSSR count). The molecule has 6 nitrogen and oxygen atoms in total. The van der Waals surface area contributed by atoms with Crippen LogP contribution in [0.15, 0.2) is 30.6 Å². The summed E-state index contributed by atoms with van der Waals surface area (Å²) in [5, 5.41) is 6.22. The molecule has 6 heteroatoms. The molecule has 1 heterocycles. The predicted octanol–water partition coefficient (Wildman–Crippen LogP) is 4.23. The van der Waals surface area contributed by atoms with Crippen molar-refractivity contribution in [3.05, 3.63) is 47.4 Å². The minimum atomic E-state index is -0.226. The Morgan fingerprint density at radius 1 is 1.07 bits per heavy atom. The van der Waals surface area contributed by atoms with Crippen molar-refractivity contribution in [2.24, 2.45) is 0 Å². The molecule has 27 heavy (non-hydrogen) atoms. The van der Waals surface area contributed by atoms with Crippen molar-refractivity contribution in [2.45, 2.75) is 46.0 Å². The molecule has 0 aliphatic heterocycles. The third-order valence-corrected chi connectivity index (χ3v) is 4.32. The van der Waals surface area contributed by atoms with Gasteiger partial charge in [-0.2, -0.15) is 0 Å². The number of ether oxygens (including phenoxy) is 1. The van der Waals surface area contributed by atoms with E-state index in [-0.39, 0.29) is 5.91 Å². The Morgan fingerprint density at radius 3 is 2.26 bits per heavy atom. The van der Waals surface area contributed by atoms with Gasteiger partial charge in [0, 0.05) is 25.9 Å². The highest BCUT2D eigenvalue weighted by atomic mass is 16.5. The van der Waals surface area contributed by atoms with Crippen LogP contribution < -0.4 is 10.6 Å². The van der Waals surface area contributed by atoms with Gasteiger partial charge in [-0.1, -0.05) is 45.9 Å². The first kappa shape index (κ1) is 20.8. The fourth-order valence-electron chi connectivity index (χ4n) is 2.84. The van der Waals surface area contributed by atoms with E-state index in [0.29, 0.717) is 36.5 Å².